The highest BCUT2D eigenvalue weighted by Gasteiger charge is 2.39. The van der Waals surface area contributed by atoms with E-state index in [1.807, 2.05) is 6.07 Å². The summed E-state index contributed by atoms with van der Waals surface area (Å²) in [5, 5.41) is 28.7. The van der Waals surface area contributed by atoms with E-state index in [1.165, 1.54) is 29.1 Å². The minimum atomic E-state index is -0.790. The van der Waals surface area contributed by atoms with Crippen LogP contribution in [0.3, 0.4) is 0 Å². The van der Waals surface area contributed by atoms with Gasteiger partial charge in [-0.1, -0.05) is 16.8 Å². The van der Waals surface area contributed by atoms with Gasteiger partial charge in [0.15, 0.2) is 5.78 Å². The normalized spacial score (nSPS) is 18.9. The second kappa shape index (κ2) is 7.03. The molecule has 2 aliphatic rings. The van der Waals surface area contributed by atoms with E-state index in [1.54, 1.807) is 0 Å². The molecule has 1 aromatic carbocycles. The number of rotatable bonds is 3. The second-order valence-corrected chi connectivity index (χ2v) is 6.93. The number of hydrogen-bond donors (Lipinski definition) is 1. The second-order valence-electron chi connectivity index (χ2n) is 6.52. The summed E-state index contributed by atoms with van der Waals surface area (Å²) in [6, 6.07) is 5.94. The van der Waals surface area contributed by atoms with Gasteiger partial charge in [0.25, 0.3) is 5.69 Å². The summed E-state index contributed by atoms with van der Waals surface area (Å²) in [4.78, 5) is 22.9. The third kappa shape index (κ3) is 3.11. The number of aromatic nitrogens is 3. The lowest BCUT2D eigenvalue weighted by Crippen LogP contribution is -2.27. The van der Waals surface area contributed by atoms with Gasteiger partial charge in [-0.15, -0.1) is 5.10 Å². The van der Waals surface area contributed by atoms with Crippen LogP contribution in [-0.2, 0) is 9.53 Å². The van der Waals surface area contributed by atoms with Gasteiger partial charge >= 0.3 is 0 Å². The first-order chi connectivity index (χ1) is 13.9. The molecule has 0 spiro atoms. The highest BCUT2D eigenvalue weighted by Crippen LogP contribution is 2.42. The van der Waals surface area contributed by atoms with Crippen molar-refractivity contribution in [2.24, 2.45) is 5.73 Å². The molecule has 146 valence electrons. The van der Waals surface area contributed by atoms with Gasteiger partial charge in [0.2, 0.25) is 5.88 Å². The van der Waals surface area contributed by atoms with Crippen LogP contribution >= 0.6 is 11.6 Å². The molecule has 2 aromatic rings. The number of ether oxygens (including phenoxy) is 1. The minimum absolute atomic E-state index is 0.0612. The van der Waals surface area contributed by atoms with E-state index in [0.717, 1.165) is 0 Å². The van der Waals surface area contributed by atoms with Crippen LogP contribution in [0.15, 0.2) is 47.2 Å². The fourth-order valence-electron chi connectivity index (χ4n) is 3.47. The molecule has 29 heavy (non-hydrogen) atoms. The number of ketones is 1. The fraction of sp³-hybridized carbons (Fsp3) is 0.222. The molecule has 1 unspecified atom stereocenters. The van der Waals surface area contributed by atoms with Crippen LogP contribution in [-0.4, -0.2) is 25.7 Å². The maximum Gasteiger partial charge on any atom is 0.271 e. The molecule has 0 radical (unpaired) electrons. The Morgan fingerprint density at radius 2 is 2.21 bits per heavy atom. The molecular weight excluding hydrogens is 400 g/mol. The number of allylic oxidation sites excluding steroid dienone is 3. The third-order valence-electron chi connectivity index (χ3n) is 4.80. The Bertz CT molecular complexity index is 1160. The van der Waals surface area contributed by atoms with Crippen LogP contribution in [0.5, 0.6) is 0 Å². The maximum absolute atomic E-state index is 12.6. The maximum atomic E-state index is 12.6. The summed E-state index contributed by atoms with van der Waals surface area (Å²) < 4.78 is 6.84. The van der Waals surface area contributed by atoms with Crippen LogP contribution in [0.2, 0.25) is 5.02 Å². The number of nitriles is 1. The van der Waals surface area contributed by atoms with E-state index in [2.05, 4.69) is 10.3 Å². The summed E-state index contributed by atoms with van der Waals surface area (Å²) >= 11 is 6.16. The van der Waals surface area contributed by atoms with E-state index in [9.17, 15) is 20.2 Å². The quantitative estimate of drug-likeness (QED) is 0.596. The van der Waals surface area contributed by atoms with Crippen LogP contribution in [0.1, 0.15) is 30.9 Å². The molecule has 2 N–H and O–H groups in total. The van der Waals surface area contributed by atoms with Crippen molar-refractivity contribution in [3.05, 3.63) is 68.0 Å². The van der Waals surface area contributed by atoms with Gasteiger partial charge in [0.1, 0.15) is 17.4 Å². The van der Waals surface area contributed by atoms with Crippen molar-refractivity contribution in [1.82, 2.24) is 15.0 Å². The first kappa shape index (κ1) is 18.6. The highest BCUT2D eigenvalue weighted by atomic mass is 35.5. The molecule has 1 aliphatic carbocycles. The van der Waals surface area contributed by atoms with Crippen LogP contribution in [0.4, 0.5) is 5.69 Å². The number of non-ortho nitro benzene ring substituents is 1. The lowest BCUT2D eigenvalue weighted by Gasteiger charge is -2.29. The van der Waals surface area contributed by atoms with Crippen molar-refractivity contribution in [3.8, 4) is 11.8 Å². The molecule has 0 saturated heterocycles. The summed E-state index contributed by atoms with van der Waals surface area (Å²) in [5.74, 6) is -0.527. The average molecular weight is 413 g/mol. The summed E-state index contributed by atoms with van der Waals surface area (Å²) in [5.41, 5.74) is 6.88. The monoisotopic (exact) mass is 412 g/mol. The van der Waals surface area contributed by atoms with Gasteiger partial charge in [-0.05, 0) is 12.5 Å². The molecule has 11 heteroatoms. The molecule has 0 bridgehead atoms. The topological polar surface area (TPSA) is 150 Å². The summed E-state index contributed by atoms with van der Waals surface area (Å²) in [6.45, 7) is 0. The number of hydrogen-bond acceptors (Lipinski definition) is 8. The van der Waals surface area contributed by atoms with E-state index in [0.29, 0.717) is 42.0 Å². The zero-order chi connectivity index (χ0) is 20.7. The number of benzene rings is 1. The Morgan fingerprint density at radius 1 is 1.41 bits per heavy atom. The molecule has 1 aliphatic heterocycles. The Kier molecular flexibility index (Phi) is 4.52. The predicted octanol–water partition coefficient (Wildman–Crippen LogP) is 2.64. The summed E-state index contributed by atoms with van der Waals surface area (Å²) in [6.07, 6.45) is 3.05. The molecule has 1 atom stereocenters. The third-order valence-corrected chi connectivity index (χ3v) is 5.10. The number of Topliss-reactive ketones (excluding diaryl/α,β-unsaturated/α-hetero) is 1. The zero-order valence-corrected chi connectivity index (χ0v) is 15.6. The Morgan fingerprint density at radius 3 is 2.90 bits per heavy atom. The molecule has 4 rings (SSSR count). The van der Waals surface area contributed by atoms with Gasteiger partial charge in [-0.3, -0.25) is 14.9 Å². The Hall–Kier alpha value is -3.71. The Labute approximate surface area is 169 Å². The van der Waals surface area contributed by atoms with Gasteiger partial charge in [-0.2, -0.15) is 5.26 Å². The molecule has 0 amide bonds. The first-order valence-corrected chi connectivity index (χ1v) is 8.99. The van der Waals surface area contributed by atoms with Crippen molar-refractivity contribution in [3.63, 3.8) is 0 Å². The average Bonchev–Trinajstić information content (AvgIpc) is 3.16. The van der Waals surface area contributed by atoms with Crippen molar-refractivity contribution in [2.75, 3.05) is 0 Å². The standard InChI is InChI=1S/C18H13ClN6O4/c19-11-6-9(25(27)28)4-5-13(11)24-8-12(22-23-24)16-10(7-20)18(21)29-15-3-1-2-14(26)17(15)16/h4-6,8,16H,1-3,21H2. The molecular formula is C18H13ClN6O4. The number of nitrogens with zero attached hydrogens (tertiary/aromatic N) is 5. The molecule has 1 aromatic heterocycles. The highest BCUT2D eigenvalue weighted by molar-refractivity contribution is 6.32. The van der Waals surface area contributed by atoms with Crippen molar-refractivity contribution >= 4 is 23.1 Å². The van der Waals surface area contributed by atoms with E-state index in [-0.39, 0.29) is 27.9 Å². The number of carbonyl (C=O) groups is 1. The van der Waals surface area contributed by atoms with E-state index in [4.69, 9.17) is 22.1 Å². The van der Waals surface area contributed by atoms with Crippen molar-refractivity contribution < 1.29 is 14.5 Å². The lowest BCUT2D eigenvalue weighted by molar-refractivity contribution is -0.384. The smallest absolute Gasteiger partial charge is 0.271 e. The van der Waals surface area contributed by atoms with Crippen LogP contribution < -0.4 is 5.73 Å². The molecule has 10 nitrogen and oxygen atoms in total. The van der Waals surface area contributed by atoms with Crippen LogP contribution in [0.25, 0.3) is 5.69 Å². The SMILES string of the molecule is N#CC1=C(N)OC2=C(C(=O)CCC2)C1c1cn(-c2ccc([N+](=O)[O-])cc2Cl)nn1. The number of nitrogens with two attached hydrogens (primary N) is 1. The minimum Gasteiger partial charge on any atom is -0.444 e. The molecule has 2 heterocycles. The van der Waals surface area contributed by atoms with E-state index < -0.39 is 10.8 Å². The van der Waals surface area contributed by atoms with Crippen molar-refractivity contribution in [1.29, 1.82) is 5.26 Å². The first-order valence-electron chi connectivity index (χ1n) is 8.61. The number of nitro groups is 1. The van der Waals surface area contributed by atoms with Gasteiger partial charge in [0, 0.05) is 30.5 Å². The largest absolute Gasteiger partial charge is 0.444 e. The summed E-state index contributed by atoms with van der Waals surface area (Å²) in [7, 11) is 0. The molecule has 0 fully saturated rings. The predicted molar refractivity (Wildman–Crippen MR) is 99.6 cm³/mol. The molecule has 0 saturated carbocycles. The Balaban J connectivity index is 1.79. The fourth-order valence-corrected chi connectivity index (χ4v) is 3.74. The van der Waals surface area contributed by atoms with Gasteiger partial charge in [-0.25, -0.2) is 4.68 Å². The van der Waals surface area contributed by atoms with Crippen molar-refractivity contribution in [2.45, 2.75) is 25.2 Å². The van der Waals surface area contributed by atoms with E-state index >= 15 is 0 Å². The number of nitro benzene ring substituents is 1. The van der Waals surface area contributed by atoms with Gasteiger partial charge < -0.3 is 10.5 Å². The number of carbonyl (C=O) groups excluding carboxylic acids is 1. The number of halogens is 1. The lowest BCUT2D eigenvalue weighted by atomic mass is 9.80. The zero-order valence-electron chi connectivity index (χ0n) is 14.8. The van der Waals surface area contributed by atoms with Crippen LogP contribution in [0, 0.1) is 21.4 Å². The van der Waals surface area contributed by atoms with Gasteiger partial charge in [0.05, 0.1) is 33.4 Å².